The largest absolute Gasteiger partial charge is 0.466 e. The Balaban J connectivity index is 1.58. The minimum absolute atomic E-state index is 0.00825. The minimum atomic E-state index is -0.418. The second kappa shape index (κ2) is 9.73. The molecule has 2 aliphatic rings. The molecule has 2 heterocycles. The van der Waals surface area contributed by atoms with E-state index in [4.69, 9.17) is 4.74 Å². The number of benzene rings is 1. The average molecular weight is 402 g/mol. The number of nitrogens with one attached hydrogen (secondary N) is 2. The van der Waals surface area contributed by atoms with Gasteiger partial charge in [-0.25, -0.2) is 0 Å². The van der Waals surface area contributed by atoms with E-state index in [1.807, 2.05) is 12.1 Å². The summed E-state index contributed by atoms with van der Waals surface area (Å²) in [6.07, 6.45) is 0.732. The van der Waals surface area contributed by atoms with Crippen LogP contribution in [-0.2, 0) is 20.7 Å². The lowest BCUT2D eigenvalue weighted by molar-refractivity contribution is -0.147. The van der Waals surface area contributed by atoms with E-state index < -0.39 is 5.92 Å². The van der Waals surface area contributed by atoms with Gasteiger partial charge in [0.05, 0.1) is 19.1 Å². The third-order valence-corrected chi connectivity index (χ3v) is 5.37. The normalized spacial score (nSPS) is 17.5. The molecule has 158 valence electrons. The van der Waals surface area contributed by atoms with Crippen LogP contribution in [0.25, 0.3) is 0 Å². The highest BCUT2D eigenvalue weighted by Gasteiger charge is 2.27. The first-order valence-corrected chi connectivity index (χ1v) is 10.3. The molecule has 3 rings (SSSR count). The molecule has 0 spiro atoms. The number of carbonyl (C=O) groups is 3. The molecule has 1 aromatic rings. The Morgan fingerprint density at radius 2 is 2.00 bits per heavy atom. The number of carbonyl (C=O) groups excluding carboxylic acids is 3. The van der Waals surface area contributed by atoms with Crippen LogP contribution in [0.3, 0.4) is 0 Å². The fourth-order valence-electron chi connectivity index (χ4n) is 3.64. The topological polar surface area (TPSA) is 91.0 Å². The molecule has 0 unspecified atom stereocenters. The van der Waals surface area contributed by atoms with Crippen molar-refractivity contribution >= 4 is 23.5 Å². The Hall–Kier alpha value is -2.61. The van der Waals surface area contributed by atoms with Crippen LogP contribution in [0.5, 0.6) is 0 Å². The highest BCUT2D eigenvalue weighted by Crippen LogP contribution is 2.25. The van der Waals surface area contributed by atoms with E-state index in [1.54, 1.807) is 18.7 Å². The molecule has 2 aliphatic heterocycles. The van der Waals surface area contributed by atoms with Crippen molar-refractivity contribution in [1.29, 1.82) is 0 Å². The van der Waals surface area contributed by atoms with Crippen LogP contribution in [0.2, 0.25) is 0 Å². The van der Waals surface area contributed by atoms with Gasteiger partial charge in [0, 0.05) is 50.5 Å². The number of amides is 2. The third kappa shape index (κ3) is 5.26. The van der Waals surface area contributed by atoms with Gasteiger partial charge in [-0.1, -0.05) is 13.0 Å². The highest BCUT2D eigenvalue weighted by molar-refractivity contribution is 5.99. The van der Waals surface area contributed by atoms with Gasteiger partial charge in [0.25, 0.3) is 5.91 Å². The van der Waals surface area contributed by atoms with Crippen molar-refractivity contribution in [3.8, 4) is 0 Å². The van der Waals surface area contributed by atoms with Crippen molar-refractivity contribution in [2.75, 3.05) is 57.3 Å². The molecule has 1 atom stereocenters. The van der Waals surface area contributed by atoms with E-state index in [1.165, 1.54) is 0 Å². The fraction of sp³-hybridized carbons (Fsp3) is 0.571. The van der Waals surface area contributed by atoms with Crippen molar-refractivity contribution < 1.29 is 19.1 Å². The number of anilines is 1. The first-order valence-electron chi connectivity index (χ1n) is 10.3. The van der Waals surface area contributed by atoms with E-state index in [0.717, 1.165) is 43.9 Å². The van der Waals surface area contributed by atoms with E-state index in [0.29, 0.717) is 18.7 Å². The van der Waals surface area contributed by atoms with Gasteiger partial charge in [0.1, 0.15) is 0 Å². The lowest BCUT2D eigenvalue weighted by atomic mass is 9.97. The molecule has 0 aliphatic carbocycles. The predicted octanol–water partition coefficient (Wildman–Crippen LogP) is 0.410. The van der Waals surface area contributed by atoms with Crippen LogP contribution >= 0.6 is 0 Å². The summed E-state index contributed by atoms with van der Waals surface area (Å²) in [6.45, 7) is 8.16. The Kier molecular flexibility index (Phi) is 7.09. The van der Waals surface area contributed by atoms with Crippen molar-refractivity contribution in [3.05, 3.63) is 29.3 Å². The monoisotopic (exact) mass is 402 g/mol. The molecule has 0 saturated carbocycles. The van der Waals surface area contributed by atoms with E-state index in [2.05, 4.69) is 21.6 Å². The maximum atomic E-state index is 13.0. The molecule has 29 heavy (non-hydrogen) atoms. The van der Waals surface area contributed by atoms with Crippen LogP contribution in [0, 0.1) is 5.92 Å². The van der Waals surface area contributed by atoms with Gasteiger partial charge in [-0.3, -0.25) is 14.4 Å². The van der Waals surface area contributed by atoms with Crippen molar-refractivity contribution in [2.45, 2.75) is 20.3 Å². The van der Waals surface area contributed by atoms with Crippen LogP contribution in [-0.4, -0.2) is 75.1 Å². The Labute approximate surface area is 171 Å². The van der Waals surface area contributed by atoms with Gasteiger partial charge in [-0.05, 0) is 31.0 Å². The second-order valence-corrected chi connectivity index (χ2v) is 7.51. The van der Waals surface area contributed by atoms with Crippen molar-refractivity contribution in [2.24, 2.45) is 5.92 Å². The summed E-state index contributed by atoms with van der Waals surface area (Å²) in [7, 11) is 0. The molecule has 0 aromatic heterocycles. The summed E-state index contributed by atoms with van der Waals surface area (Å²) in [5.74, 6) is -1.14. The zero-order valence-electron chi connectivity index (χ0n) is 17.2. The van der Waals surface area contributed by atoms with Gasteiger partial charge >= 0.3 is 5.97 Å². The standard InChI is InChI=1S/C21H30N4O4/c1-3-29-21(28)15(2)13-23-19(26)14-25-9-6-16-4-5-17(12-18(16)20(25)27)24-10-7-22-8-11-24/h4-5,12,15,22H,3,6-11,13-14H2,1-2H3,(H,23,26)/t15-/m1/s1. The number of ether oxygens (including phenoxy) is 1. The molecule has 1 aromatic carbocycles. The molecule has 0 radical (unpaired) electrons. The first-order chi connectivity index (χ1) is 14.0. The van der Waals surface area contributed by atoms with Gasteiger partial charge in [-0.15, -0.1) is 0 Å². The van der Waals surface area contributed by atoms with Crippen molar-refractivity contribution in [1.82, 2.24) is 15.5 Å². The minimum Gasteiger partial charge on any atom is -0.466 e. The summed E-state index contributed by atoms with van der Waals surface area (Å²) in [5.41, 5.74) is 2.76. The van der Waals surface area contributed by atoms with Gasteiger partial charge in [-0.2, -0.15) is 0 Å². The SMILES string of the molecule is CCOC(=O)[C@H](C)CNC(=O)CN1CCc2ccc(N3CCNCC3)cc2C1=O. The molecular formula is C21H30N4O4. The van der Waals surface area contributed by atoms with E-state index in [-0.39, 0.29) is 30.9 Å². The highest BCUT2D eigenvalue weighted by atomic mass is 16.5. The van der Waals surface area contributed by atoms with Crippen molar-refractivity contribution in [3.63, 3.8) is 0 Å². The number of hydrogen-bond acceptors (Lipinski definition) is 6. The Morgan fingerprint density at radius 3 is 2.72 bits per heavy atom. The number of esters is 1. The summed E-state index contributed by atoms with van der Waals surface area (Å²) in [6, 6.07) is 6.06. The summed E-state index contributed by atoms with van der Waals surface area (Å²) in [5, 5.41) is 6.06. The third-order valence-electron chi connectivity index (χ3n) is 5.37. The summed E-state index contributed by atoms with van der Waals surface area (Å²) in [4.78, 5) is 40.8. The van der Waals surface area contributed by atoms with Crippen LogP contribution < -0.4 is 15.5 Å². The number of hydrogen-bond donors (Lipinski definition) is 2. The van der Waals surface area contributed by atoms with Gasteiger partial charge in [0.2, 0.25) is 5.91 Å². The van der Waals surface area contributed by atoms with Gasteiger partial charge in [0.15, 0.2) is 0 Å². The molecular weight excluding hydrogens is 372 g/mol. The molecule has 8 heteroatoms. The van der Waals surface area contributed by atoms with Crippen LogP contribution in [0.4, 0.5) is 5.69 Å². The van der Waals surface area contributed by atoms with Crippen LogP contribution in [0.15, 0.2) is 18.2 Å². The van der Waals surface area contributed by atoms with E-state index >= 15 is 0 Å². The Bertz CT molecular complexity index is 761. The zero-order valence-corrected chi connectivity index (χ0v) is 17.2. The molecule has 2 N–H and O–H groups in total. The zero-order chi connectivity index (χ0) is 20.8. The Morgan fingerprint density at radius 1 is 1.24 bits per heavy atom. The maximum absolute atomic E-state index is 13.0. The molecule has 1 saturated heterocycles. The van der Waals surface area contributed by atoms with E-state index in [9.17, 15) is 14.4 Å². The number of rotatable bonds is 7. The quantitative estimate of drug-likeness (QED) is 0.642. The van der Waals surface area contributed by atoms with Crippen LogP contribution in [0.1, 0.15) is 29.8 Å². The maximum Gasteiger partial charge on any atom is 0.310 e. The summed E-state index contributed by atoms with van der Waals surface area (Å²) < 4.78 is 4.94. The number of nitrogens with zero attached hydrogens (tertiary/aromatic N) is 2. The molecule has 0 bridgehead atoms. The number of piperazine rings is 1. The second-order valence-electron chi connectivity index (χ2n) is 7.51. The molecule has 1 fully saturated rings. The average Bonchev–Trinajstić information content (AvgIpc) is 2.74. The molecule has 2 amide bonds. The molecule has 8 nitrogen and oxygen atoms in total. The first kappa shape index (κ1) is 21.1. The predicted molar refractivity (Wildman–Crippen MR) is 110 cm³/mol. The van der Waals surface area contributed by atoms with Gasteiger partial charge < -0.3 is 25.2 Å². The number of fused-ring (bicyclic) bond motifs is 1. The fourth-order valence-corrected chi connectivity index (χ4v) is 3.64. The summed E-state index contributed by atoms with van der Waals surface area (Å²) >= 11 is 0. The lowest BCUT2D eigenvalue weighted by Gasteiger charge is -2.32. The lowest BCUT2D eigenvalue weighted by Crippen LogP contribution is -2.46. The smallest absolute Gasteiger partial charge is 0.310 e.